The van der Waals surface area contributed by atoms with Gasteiger partial charge in [0.25, 0.3) is 5.78 Å². The third kappa shape index (κ3) is 4.34. The van der Waals surface area contributed by atoms with Crippen molar-refractivity contribution in [3.63, 3.8) is 0 Å². The number of hydrogen-bond donors (Lipinski definition) is 1. The molecule has 2 heterocycles. The number of ketones is 1. The number of aryl methyl sites for hydroxylation is 2. The molecule has 0 aliphatic heterocycles. The maximum Gasteiger partial charge on any atom is 0.253 e. The second-order valence-corrected chi connectivity index (χ2v) is 7.85. The van der Waals surface area contributed by atoms with E-state index in [0.717, 1.165) is 17.0 Å². The van der Waals surface area contributed by atoms with Crippen LogP contribution in [0.4, 0.5) is 5.69 Å². The molecule has 31 heavy (non-hydrogen) atoms. The summed E-state index contributed by atoms with van der Waals surface area (Å²) < 4.78 is 1.67. The molecule has 1 N–H and O–H groups in total. The molecule has 0 unspecified atom stereocenters. The SMILES string of the molecule is CSc1nc2nc(C)c(CC(=O)Nc3cccc(C(=O)c4ccccc4)c3)c(C)n2n1. The van der Waals surface area contributed by atoms with Gasteiger partial charge in [0.2, 0.25) is 11.1 Å². The maximum atomic E-state index is 12.8. The average Bonchev–Trinajstić information content (AvgIpc) is 3.20. The molecular weight excluding hydrogens is 410 g/mol. The highest BCUT2D eigenvalue weighted by Crippen LogP contribution is 2.19. The standard InChI is InChI=1S/C23H21N5O2S/c1-14-19(15(2)28-22(24-14)26-23(27-28)31-3)13-20(29)25-18-11-7-10-17(12-18)21(30)16-8-5-4-6-9-16/h4-12H,13H2,1-3H3,(H,25,29). The van der Waals surface area contributed by atoms with Gasteiger partial charge in [-0.15, -0.1) is 5.10 Å². The van der Waals surface area contributed by atoms with E-state index in [4.69, 9.17) is 0 Å². The van der Waals surface area contributed by atoms with E-state index >= 15 is 0 Å². The number of amides is 1. The van der Waals surface area contributed by atoms with Crippen LogP contribution in [-0.4, -0.2) is 37.5 Å². The van der Waals surface area contributed by atoms with Crippen molar-refractivity contribution < 1.29 is 9.59 Å². The number of rotatable bonds is 6. The Kier molecular flexibility index (Phi) is 5.81. The Bertz CT molecular complexity index is 1280. The van der Waals surface area contributed by atoms with Gasteiger partial charge in [-0.3, -0.25) is 9.59 Å². The van der Waals surface area contributed by atoms with Crippen LogP contribution in [0.3, 0.4) is 0 Å². The largest absolute Gasteiger partial charge is 0.326 e. The molecule has 4 rings (SSSR count). The number of hydrogen-bond acceptors (Lipinski definition) is 6. The van der Waals surface area contributed by atoms with Gasteiger partial charge in [-0.25, -0.2) is 9.50 Å². The van der Waals surface area contributed by atoms with Crippen molar-refractivity contribution in [1.29, 1.82) is 0 Å². The zero-order valence-corrected chi connectivity index (χ0v) is 18.2. The van der Waals surface area contributed by atoms with Crippen LogP contribution in [0.5, 0.6) is 0 Å². The molecular formula is C23H21N5O2S. The molecule has 0 bridgehead atoms. The van der Waals surface area contributed by atoms with Crippen molar-refractivity contribution in [3.8, 4) is 0 Å². The Morgan fingerprint density at radius 3 is 2.48 bits per heavy atom. The Balaban J connectivity index is 1.54. The van der Waals surface area contributed by atoms with Crippen LogP contribution >= 0.6 is 11.8 Å². The monoisotopic (exact) mass is 431 g/mol. The molecule has 0 atom stereocenters. The number of carbonyl (C=O) groups is 2. The molecule has 0 saturated heterocycles. The van der Waals surface area contributed by atoms with Crippen LogP contribution in [0.25, 0.3) is 5.78 Å². The Morgan fingerprint density at radius 1 is 1.00 bits per heavy atom. The predicted octanol–water partition coefficient (Wildman–Crippen LogP) is 3.88. The summed E-state index contributed by atoms with van der Waals surface area (Å²) in [4.78, 5) is 34.3. The van der Waals surface area contributed by atoms with Gasteiger partial charge in [0.05, 0.1) is 6.42 Å². The first-order chi connectivity index (χ1) is 15.0. The van der Waals surface area contributed by atoms with E-state index < -0.39 is 0 Å². The molecule has 8 heteroatoms. The van der Waals surface area contributed by atoms with E-state index in [-0.39, 0.29) is 18.1 Å². The fraction of sp³-hybridized carbons (Fsp3) is 0.174. The fourth-order valence-corrected chi connectivity index (χ4v) is 3.73. The first-order valence-corrected chi connectivity index (χ1v) is 10.9. The quantitative estimate of drug-likeness (QED) is 0.368. The lowest BCUT2D eigenvalue weighted by Crippen LogP contribution is -2.18. The minimum Gasteiger partial charge on any atom is -0.326 e. The summed E-state index contributed by atoms with van der Waals surface area (Å²) in [5.74, 6) is 0.242. The molecule has 2 aromatic heterocycles. The molecule has 4 aromatic rings. The van der Waals surface area contributed by atoms with Crippen molar-refractivity contribution in [3.05, 3.63) is 82.7 Å². The first kappa shape index (κ1) is 20.7. The van der Waals surface area contributed by atoms with Crippen molar-refractivity contribution in [2.75, 3.05) is 11.6 Å². The van der Waals surface area contributed by atoms with Crippen LogP contribution in [0.1, 0.15) is 32.9 Å². The molecule has 0 saturated carbocycles. The number of fused-ring (bicyclic) bond motifs is 1. The number of carbonyl (C=O) groups excluding carboxylic acids is 2. The number of thioether (sulfide) groups is 1. The minimum atomic E-state index is -0.193. The van der Waals surface area contributed by atoms with Crippen LogP contribution in [-0.2, 0) is 11.2 Å². The van der Waals surface area contributed by atoms with Crippen LogP contribution in [0.15, 0.2) is 59.8 Å². The van der Waals surface area contributed by atoms with E-state index in [2.05, 4.69) is 20.4 Å². The molecule has 0 radical (unpaired) electrons. The molecule has 0 aliphatic carbocycles. The normalized spacial score (nSPS) is 10.9. The summed E-state index contributed by atoms with van der Waals surface area (Å²) >= 11 is 1.44. The Labute approximate surface area is 183 Å². The highest BCUT2D eigenvalue weighted by Gasteiger charge is 2.16. The van der Waals surface area contributed by atoms with Gasteiger partial charge in [-0.2, -0.15) is 4.98 Å². The topological polar surface area (TPSA) is 89.2 Å². The number of nitrogens with one attached hydrogen (secondary N) is 1. The summed E-state index contributed by atoms with van der Waals surface area (Å²) in [7, 11) is 0. The molecule has 156 valence electrons. The van der Waals surface area contributed by atoms with Gasteiger partial charge in [-0.1, -0.05) is 54.2 Å². The van der Waals surface area contributed by atoms with Gasteiger partial charge in [0.1, 0.15) is 0 Å². The summed E-state index contributed by atoms with van der Waals surface area (Å²) in [5.41, 5.74) is 4.08. The second kappa shape index (κ2) is 8.69. The molecule has 7 nitrogen and oxygen atoms in total. The molecule has 0 spiro atoms. The minimum absolute atomic E-state index is 0.0891. The summed E-state index contributed by atoms with van der Waals surface area (Å²) in [6.07, 6.45) is 2.05. The van der Waals surface area contributed by atoms with E-state index in [1.54, 1.807) is 40.9 Å². The van der Waals surface area contributed by atoms with E-state index in [0.29, 0.717) is 27.7 Å². The van der Waals surface area contributed by atoms with Gasteiger partial charge in [0, 0.05) is 33.8 Å². The van der Waals surface area contributed by atoms with Crippen molar-refractivity contribution in [2.24, 2.45) is 0 Å². The van der Waals surface area contributed by atoms with E-state index in [1.165, 1.54) is 11.8 Å². The smallest absolute Gasteiger partial charge is 0.253 e. The van der Waals surface area contributed by atoms with Crippen LogP contribution in [0.2, 0.25) is 0 Å². The fourth-order valence-electron chi connectivity index (χ4n) is 3.39. The highest BCUT2D eigenvalue weighted by molar-refractivity contribution is 7.98. The van der Waals surface area contributed by atoms with Crippen LogP contribution in [0, 0.1) is 13.8 Å². The zero-order chi connectivity index (χ0) is 22.0. The number of aromatic nitrogens is 4. The van der Waals surface area contributed by atoms with Gasteiger partial charge >= 0.3 is 0 Å². The Hall–Kier alpha value is -3.52. The molecule has 1 amide bonds. The van der Waals surface area contributed by atoms with Crippen LogP contribution < -0.4 is 5.32 Å². The van der Waals surface area contributed by atoms with Crippen molar-refractivity contribution in [2.45, 2.75) is 25.4 Å². The molecule has 2 aromatic carbocycles. The zero-order valence-electron chi connectivity index (χ0n) is 17.4. The maximum absolute atomic E-state index is 12.8. The first-order valence-electron chi connectivity index (χ1n) is 9.73. The van der Waals surface area contributed by atoms with Gasteiger partial charge in [0.15, 0.2) is 5.78 Å². The summed E-state index contributed by atoms with van der Waals surface area (Å²) in [5, 5.41) is 7.94. The van der Waals surface area contributed by atoms with Gasteiger partial charge < -0.3 is 5.32 Å². The number of anilines is 1. The molecule has 0 aliphatic rings. The lowest BCUT2D eigenvalue weighted by molar-refractivity contribution is -0.115. The predicted molar refractivity (Wildman–Crippen MR) is 121 cm³/mol. The third-order valence-electron chi connectivity index (χ3n) is 4.99. The van der Waals surface area contributed by atoms with Crippen molar-refractivity contribution in [1.82, 2.24) is 19.6 Å². The lowest BCUT2D eigenvalue weighted by atomic mass is 10.0. The molecule has 0 fully saturated rings. The second-order valence-electron chi connectivity index (χ2n) is 7.07. The summed E-state index contributed by atoms with van der Waals surface area (Å²) in [6, 6.07) is 16.0. The van der Waals surface area contributed by atoms with Crippen molar-refractivity contribution >= 4 is 34.9 Å². The lowest BCUT2D eigenvalue weighted by Gasteiger charge is -2.11. The van der Waals surface area contributed by atoms with Gasteiger partial charge in [-0.05, 0) is 32.2 Å². The third-order valence-corrected chi connectivity index (χ3v) is 5.53. The highest BCUT2D eigenvalue weighted by atomic mass is 32.2. The van der Waals surface area contributed by atoms with E-state index in [9.17, 15) is 9.59 Å². The Morgan fingerprint density at radius 2 is 1.74 bits per heavy atom. The average molecular weight is 432 g/mol. The summed E-state index contributed by atoms with van der Waals surface area (Å²) in [6.45, 7) is 3.77. The number of nitrogens with zero attached hydrogens (tertiary/aromatic N) is 4. The van der Waals surface area contributed by atoms with E-state index in [1.807, 2.05) is 38.3 Å². The number of benzene rings is 2.